The predicted octanol–water partition coefficient (Wildman–Crippen LogP) is 7.00. The van der Waals surface area contributed by atoms with Gasteiger partial charge in [-0.3, -0.25) is 9.89 Å². The van der Waals surface area contributed by atoms with Crippen molar-refractivity contribution in [2.45, 2.75) is 32.8 Å². The fourth-order valence-electron chi connectivity index (χ4n) is 3.28. The number of ether oxygens (including phenoxy) is 1. The lowest BCUT2D eigenvalue weighted by molar-refractivity contribution is 0.102. The highest BCUT2D eigenvalue weighted by Crippen LogP contribution is 2.28. The van der Waals surface area contributed by atoms with E-state index in [-0.39, 0.29) is 11.3 Å². The topological polar surface area (TPSA) is 67.0 Å². The summed E-state index contributed by atoms with van der Waals surface area (Å²) >= 11 is 12.0. The number of hydrogen-bond acceptors (Lipinski definition) is 3. The number of amides is 1. The van der Waals surface area contributed by atoms with Crippen molar-refractivity contribution in [3.63, 3.8) is 0 Å². The van der Waals surface area contributed by atoms with Gasteiger partial charge < -0.3 is 10.1 Å². The molecule has 1 heterocycles. The smallest absolute Gasteiger partial charge is 0.256 e. The van der Waals surface area contributed by atoms with Gasteiger partial charge in [0, 0.05) is 10.9 Å². The molecule has 1 aromatic heterocycles. The summed E-state index contributed by atoms with van der Waals surface area (Å²) in [6.07, 6.45) is 0. The van der Waals surface area contributed by atoms with Crippen molar-refractivity contribution in [3.05, 3.63) is 87.4 Å². The Balaban J connectivity index is 1.49. The van der Waals surface area contributed by atoms with Crippen LogP contribution in [0.4, 0.5) is 5.82 Å². The molecule has 0 bridgehead atoms. The largest absolute Gasteiger partial charge is 0.489 e. The fourth-order valence-corrected chi connectivity index (χ4v) is 3.60. The Morgan fingerprint density at radius 3 is 2.44 bits per heavy atom. The molecule has 0 spiro atoms. The van der Waals surface area contributed by atoms with Crippen LogP contribution < -0.4 is 10.1 Å². The summed E-state index contributed by atoms with van der Waals surface area (Å²) in [5.41, 5.74) is 3.47. The molecule has 32 heavy (non-hydrogen) atoms. The van der Waals surface area contributed by atoms with Crippen molar-refractivity contribution >= 4 is 45.8 Å². The van der Waals surface area contributed by atoms with E-state index < -0.39 is 0 Å². The van der Waals surface area contributed by atoms with Crippen molar-refractivity contribution in [2.75, 3.05) is 5.32 Å². The Labute approximate surface area is 196 Å². The Hall–Kier alpha value is -3.02. The first-order chi connectivity index (χ1) is 15.2. The molecule has 0 saturated heterocycles. The van der Waals surface area contributed by atoms with Gasteiger partial charge in [0.2, 0.25) is 0 Å². The predicted molar refractivity (Wildman–Crippen MR) is 130 cm³/mol. The maximum atomic E-state index is 12.8. The number of fused-ring (bicyclic) bond motifs is 1. The number of nitrogens with zero attached hydrogens (tertiary/aromatic N) is 1. The Bertz CT molecular complexity index is 1270. The SMILES string of the molecule is CC(C)(C)c1ccc(C(=O)Nc2n[nH]c3ccc(OCc4ccc(Cl)c(Cl)c4)cc23)cc1. The van der Waals surface area contributed by atoms with Gasteiger partial charge in [-0.25, -0.2) is 0 Å². The van der Waals surface area contributed by atoms with Gasteiger partial charge in [0.05, 0.1) is 15.6 Å². The zero-order valence-electron chi connectivity index (χ0n) is 18.0. The number of aromatic amines is 1. The summed E-state index contributed by atoms with van der Waals surface area (Å²) < 4.78 is 5.90. The summed E-state index contributed by atoms with van der Waals surface area (Å²) in [6, 6.07) is 18.5. The molecular formula is C25H23Cl2N3O2. The van der Waals surface area contributed by atoms with Crippen LogP contribution in [-0.2, 0) is 12.0 Å². The van der Waals surface area contributed by atoms with E-state index in [9.17, 15) is 4.79 Å². The molecule has 0 aliphatic heterocycles. The number of anilines is 1. The van der Waals surface area contributed by atoms with Crippen LogP contribution in [0.25, 0.3) is 10.9 Å². The minimum atomic E-state index is -0.221. The zero-order valence-corrected chi connectivity index (χ0v) is 19.5. The van der Waals surface area contributed by atoms with Crippen LogP contribution in [0.1, 0.15) is 42.3 Å². The number of H-pyrrole nitrogens is 1. The van der Waals surface area contributed by atoms with E-state index in [2.05, 4.69) is 36.3 Å². The molecule has 0 fully saturated rings. The molecule has 4 aromatic rings. The monoisotopic (exact) mass is 467 g/mol. The lowest BCUT2D eigenvalue weighted by atomic mass is 9.87. The molecule has 2 N–H and O–H groups in total. The molecule has 164 valence electrons. The van der Waals surface area contributed by atoms with E-state index in [4.69, 9.17) is 27.9 Å². The normalized spacial score (nSPS) is 11.5. The van der Waals surface area contributed by atoms with Gasteiger partial charge in [-0.05, 0) is 59.0 Å². The van der Waals surface area contributed by atoms with Gasteiger partial charge in [0.15, 0.2) is 5.82 Å². The second kappa shape index (κ2) is 8.85. The molecule has 7 heteroatoms. The van der Waals surface area contributed by atoms with Crippen molar-refractivity contribution in [3.8, 4) is 5.75 Å². The Morgan fingerprint density at radius 2 is 1.75 bits per heavy atom. The number of halogens is 2. The molecule has 4 rings (SSSR count). The summed E-state index contributed by atoms with van der Waals surface area (Å²) in [4.78, 5) is 12.8. The number of benzene rings is 3. The first kappa shape index (κ1) is 22.2. The van der Waals surface area contributed by atoms with Crippen molar-refractivity contribution < 1.29 is 9.53 Å². The summed E-state index contributed by atoms with van der Waals surface area (Å²) in [5, 5.41) is 11.8. The van der Waals surface area contributed by atoms with Crippen LogP contribution in [0.5, 0.6) is 5.75 Å². The summed E-state index contributed by atoms with van der Waals surface area (Å²) in [5.74, 6) is 0.876. The molecular weight excluding hydrogens is 445 g/mol. The molecule has 5 nitrogen and oxygen atoms in total. The first-order valence-electron chi connectivity index (χ1n) is 10.2. The molecule has 1 amide bonds. The second-order valence-corrected chi connectivity index (χ2v) is 9.41. The third-order valence-corrected chi connectivity index (χ3v) is 5.91. The van der Waals surface area contributed by atoms with Crippen LogP contribution in [0.15, 0.2) is 60.7 Å². The minimum Gasteiger partial charge on any atom is -0.489 e. The van der Waals surface area contributed by atoms with E-state index in [0.29, 0.717) is 33.8 Å². The third kappa shape index (κ3) is 4.90. The quantitative estimate of drug-likeness (QED) is 0.332. The molecule has 0 radical (unpaired) electrons. The van der Waals surface area contributed by atoms with E-state index in [1.807, 2.05) is 48.5 Å². The number of carbonyl (C=O) groups excluding carboxylic acids is 1. The van der Waals surface area contributed by atoms with Gasteiger partial charge in [0.1, 0.15) is 12.4 Å². The van der Waals surface area contributed by atoms with Gasteiger partial charge in [-0.15, -0.1) is 0 Å². The molecule has 0 aliphatic carbocycles. The van der Waals surface area contributed by atoms with Gasteiger partial charge in [-0.2, -0.15) is 5.10 Å². The molecule has 3 aromatic carbocycles. The van der Waals surface area contributed by atoms with E-state index in [0.717, 1.165) is 16.5 Å². The average molecular weight is 468 g/mol. The highest BCUT2D eigenvalue weighted by Gasteiger charge is 2.16. The number of aromatic nitrogens is 2. The number of nitrogens with one attached hydrogen (secondary N) is 2. The third-order valence-electron chi connectivity index (χ3n) is 5.17. The minimum absolute atomic E-state index is 0.0289. The molecule has 0 unspecified atom stereocenters. The number of hydrogen-bond donors (Lipinski definition) is 2. The highest BCUT2D eigenvalue weighted by atomic mass is 35.5. The lowest BCUT2D eigenvalue weighted by Gasteiger charge is -2.19. The van der Waals surface area contributed by atoms with Crippen molar-refractivity contribution in [1.82, 2.24) is 10.2 Å². The van der Waals surface area contributed by atoms with E-state index >= 15 is 0 Å². The van der Waals surface area contributed by atoms with Crippen LogP contribution >= 0.6 is 23.2 Å². The van der Waals surface area contributed by atoms with Crippen LogP contribution in [0, 0.1) is 0 Å². The molecule has 0 aliphatic rings. The van der Waals surface area contributed by atoms with Gasteiger partial charge in [-0.1, -0.05) is 62.2 Å². The maximum Gasteiger partial charge on any atom is 0.256 e. The maximum absolute atomic E-state index is 12.8. The van der Waals surface area contributed by atoms with Crippen molar-refractivity contribution in [1.29, 1.82) is 0 Å². The second-order valence-electron chi connectivity index (χ2n) is 8.60. The number of carbonyl (C=O) groups is 1. The standard InChI is InChI=1S/C25H23Cl2N3O2/c1-25(2,3)17-7-5-16(6-8-17)24(31)28-23-19-13-18(9-11-22(19)29-30-23)32-14-15-4-10-20(26)21(27)12-15/h4-13H,14H2,1-3H3,(H2,28,29,30,31). The van der Waals surface area contributed by atoms with Crippen LogP contribution in [-0.4, -0.2) is 16.1 Å². The summed E-state index contributed by atoms with van der Waals surface area (Å²) in [6.45, 7) is 6.75. The van der Waals surface area contributed by atoms with E-state index in [1.165, 1.54) is 5.56 Å². The highest BCUT2D eigenvalue weighted by molar-refractivity contribution is 6.42. The molecule has 0 atom stereocenters. The van der Waals surface area contributed by atoms with Gasteiger partial charge >= 0.3 is 0 Å². The Morgan fingerprint density at radius 1 is 1.00 bits per heavy atom. The Kier molecular flexibility index (Phi) is 6.13. The van der Waals surface area contributed by atoms with Gasteiger partial charge in [0.25, 0.3) is 5.91 Å². The van der Waals surface area contributed by atoms with Crippen LogP contribution in [0.2, 0.25) is 10.0 Å². The number of rotatable bonds is 5. The van der Waals surface area contributed by atoms with Crippen LogP contribution in [0.3, 0.4) is 0 Å². The van der Waals surface area contributed by atoms with Crippen molar-refractivity contribution in [2.24, 2.45) is 0 Å². The average Bonchev–Trinajstić information content (AvgIpc) is 3.16. The lowest BCUT2D eigenvalue weighted by Crippen LogP contribution is -2.14. The summed E-state index contributed by atoms with van der Waals surface area (Å²) in [7, 11) is 0. The zero-order chi connectivity index (χ0) is 22.9. The first-order valence-corrected chi connectivity index (χ1v) is 10.9. The molecule has 0 saturated carbocycles. The van der Waals surface area contributed by atoms with E-state index in [1.54, 1.807) is 12.1 Å². The fraction of sp³-hybridized carbons (Fsp3) is 0.200.